The highest BCUT2D eigenvalue weighted by Gasteiger charge is 2.18. The zero-order chi connectivity index (χ0) is 43.1. The summed E-state index contributed by atoms with van der Waals surface area (Å²) in [4.78, 5) is 15.5. The molecule has 0 fully saturated rings. The molecule has 65 heavy (non-hydrogen) atoms. The van der Waals surface area contributed by atoms with E-state index in [0.717, 1.165) is 61.0 Å². The summed E-state index contributed by atoms with van der Waals surface area (Å²) in [7, 11) is 0. The highest BCUT2D eigenvalue weighted by Crippen LogP contribution is 2.39. The normalized spacial score (nSPS) is 11.4. The van der Waals surface area contributed by atoms with Crippen molar-refractivity contribution in [2.24, 2.45) is 0 Å². The van der Waals surface area contributed by atoms with E-state index in [0.29, 0.717) is 17.5 Å². The monoisotopic (exact) mass is 828 g/mol. The zero-order valence-electron chi connectivity index (χ0n) is 35.4. The molecule has 0 saturated heterocycles. The Kier molecular flexibility index (Phi) is 9.46. The molecule has 12 rings (SSSR count). The standard InChI is InChI=1S/C61H40N4/c1-3-15-41(16-4-1)43-27-35-47(36-28-43)59-62-60(48-37-29-44(30-38-48)42-17-5-2-6-18-42)64-61(63-59)55-40-39-49(51-20-7-8-21-52(51)55)45-31-33-46(34-32-45)50-19-9-12-24-56(50)65-57-25-13-10-22-53(57)54-23-11-14-26-58(54)65/h1-40H. The molecule has 0 spiro atoms. The van der Waals surface area contributed by atoms with Gasteiger partial charge in [-0.3, -0.25) is 0 Å². The predicted molar refractivity (Wildman–Crippen MR) is 270 cm³/mol. The van der Waals surface area contributed by atoms with Gasteiger partial charge in [-0.05, 0) is 74.0 Å². The number of nitrogens with zero attached hydrogens (tertiary/aromatic N) is 4. The van der Waals surface area contributed by atoms with Gasteiger partial charge in [-0.15, -0.1) is 0 Å². The second-order valence-corrected chi connectivity index (χ2v) is 16.4. The summed E-state index contributed by atoms with van der Waals surface area (Å²) in [6.07, 6.45) is 0. The third kappa shape index (κ3) is 6.95. The molecule has 10 aromatic carbocycles. The van der Waals surface area contributed by atoms with Crippen molar-refractivity contribution in [2.45, 2.75) is 0 Å². The number of rotatable bonds is 8. The third-order valence-electron chi connectivity index (χ3n) is 12.5. The summed E-state index contributed by atoms with van der Waals surface area (Å²) >= 11 is 0. The molecule has 0 atom stereocenters. The number of aromatic nitrogens is 4. The van der Waals surface area contributed by atoms with Crippen LogP contribution in [-0.4, -0.2) is 19.5 Å². The van der Waals surface area contributed by atoms with Gasteiger partial charge in [0.25, 0.3) is 0 Å². The van der Waals surface area contributed by atoms with Crippen molar-refractivity contribution in [3.8, 4) is 84.4 Å². The van der Waals surface area contributed by atoms with Crippen molar-refractivity contribution < 1.29 is 0 Å². The van der Waals surface area contributed by atoms with Gasteiger partial charge in [0.1, 0.15) is 0 Å². The number of benzene rings is 10. The highest BCUT2D eigenvalue weighted by atomic mass is 15.0. The van der Waals surface area contributed by atoms with Crippen LogP contribution in [0, 0.1) is 0 Å². The van der Waals surface area contributed by atoms with Crippen LogP contribution >= 0.6 is 0 Å². The second-order valence-electron chi connectivity index (χ2n) is 16.4. The first-order valence-corrected chi connectivity index (χ1v) is 22.0. The summed E-state index contributed by atoms with van der Waals surface area (Å²) in [5.74, 6) is 1.88. The average molecular weight is 829 g/mol. The largest absolute Gasteiger partial charge is 0.309 e. The first kappa shape index (κ1) is 38.0. The van der Waals surface area contributed by atoms with Gasteiger partial charge < -0.3 is 4.57 Å². The SMILES string of the molecule is c1ccc(-c2ccc(-c3nc(-c4ccc(-c5ccccc5)cc4)nc(-c4ccc(-c5ccc(-c6ccccc6-n6c7ccccc7c7ccccc76)cc5)c5ccccc45)n3)cc2)cc1. The number of fused-ring (bicyclic) bond motifs is 4. The first-order valence-electron chi connectivity index (χ1n) is 22.0. The Hall–Kier alpha value is -8.73. The molecule has 2 heterocycles. The van der Waals surface area contributed by atoms with Gasteiger partial charge in [-0.2, -0.15) is 0 Å². The van der Waals surface area contributed by atoms with E-state index in [1.165, 1.54) is 38.5 Å². The van der Waals surface area contributed by atoms with E-state index in [2.05, 4.69) is 235 Å². The topological polar surface area (TPSA) is 43.6 Å². The maximum Gasteiger partial charge on any atom is 0.164 e. The summed E-state index contributed by atoms with van der Waals surface area (Å²) in [5, 5.41) is 4.71. The van der Waals surface area contributed by atoms with Gasteiger partial charge in [0.2, 0.25) is 0 Å². The summed E-state index contributed by atoms with van der Waals surface area (Å²) in [6, 6.07) is 85.9. The van der Waals surface area contributed by atoms with Gasteiger partial charge in [0.05, 0.1) is 16.7 Å². The molecule has 0 N–H and O–H groups in total. The van der Waals surface area contributed by atoms with Crippen molar-refractivity contribution >= 4 is 32.6 Å². The van der Waals surface area contributed by atoms with Crippen molar-refractivity contribution in [2.75, 3.05) is 0 Å². The fraction of sp³-hybridized carbons (Fsp3) is 0. The lowest BCUT2D eigenvalue weighted by Crippen LogP contribution is -2.01. The molecule has 4 heteroatoms. The van der Waals surface area contributed by atoms with Gasteiger partial charge in [-0.1, -0.05) is 218 Å². The predicted octanol–water partition coefficient (Wildman–Crippen LogP) is 15.8. The molecule has 0 bridgehead atoms. The fourth-order valence-electron chi connectivity index (χ4n) is 9.31. The van der Waals surface area contributed by atoms with Crippen LogP contribution in [0.5, 0.6) is 0 Å². The average Bonchev–Trinajstić information content (AvgIpc) is 3.73. The van der Waals surface area contributed by atoms with E-state index in [4.69, 9.17) is 15.0 Å². The van der Waals surface area contributed by atoms with Crippen molar-refractivity contribution in [1.29, 1.82) is 0 Å². The molecule has 4 nitrogen and oxygen atoms in total. The third-order valence-corrected chi connectivity index (χ3v) is 12.5. The highest BCUT2D eigenvalue weighted by molar-refractivity contribution is 6.10. The Morgan fingerprint density at radius 1 is 0.215 bits per heavy atom. The molecule has 0 unspecified atom stereocenters. The Morgan fingerprint density at radius 2 is 0.569 bits per heavy atom. The van der Waals surface area contributed by atoms with E-state index in [1.807, 2.05) is 12.1 Å². The van der Waals surface area contributed by atoms with Crippen molar-refractivity contribution in [3.63, 3.8) is 0 Å². The molecule has 0 amide bonds. The Bertz CT molecular complexity index is 3510. The lowest BCUT2D eigenvalue weighted by molar-refractivity contribution is 1.08. The molecule has 0 aliphatic rings. The zero-order valence-corrected chi connectivity index (χ0v) is 35.4. The van der Waals surface area contributed by atoms with E-state index in [9.17, 15) is 0 Å². The minimum Gasteiger partial charge on any atom is -0.309 e. The molecular weight excluding hydrogens is 789 g/mol. The van der Waals surface area contributed by atoms with Gasteiger partial charge in [-0.25, -0.2) is 15.0 Å². The Balaban J connectivity index is 0.940. The van der Waals surface area contributed by atoms with Crippen LogP contribution in [0.3, 0.4) is 0 Å². The molecule has 12 aromatic rings. The van der Waals surface area contributed by atoms with E-state index in [1.54, 1.807) is 0 Å². The molecule has 0 saturated carbocycles. The minimum atomic E-state index is 0.627. The lowest BCUT2D eigenvalue weighted by Gasteiger charge is -2.15. The van der Waals surface area contributed by atoms with Crippen LogP contribution in [0.15, 0.2) is 243 Å². The van der Waals surface area contributed by atoms with Crippen LogP contribution in [0.25, 0.3) is 117 Å². The summed E-state index contributed by atoms with van der Waals surface area (Å²) < 4.78 is 2.40. The van der Waals surface area contributed by atoms with Crippen LogP contribution in [-0.2, 0) is 0 Å². The van der Waals surface area contributed by atoms with Crippen LogP contribution in [0.4, 0.5) is 0 Å². The van der Waals surface area contributed by atoms with Gasteiger partial charge in [0, 0.05) is 33.0 Å². The molecule has 2 aromatic heterocycles. The smallest absolute Gasteiger partial charge is 0.164 e. The Labute approximate surface area is 377 Å². The molecule has 0 aliphatic heterocycles. The van der Waals surface area contributed by atoms with E-state index >= 15 is 0 Å². The van der Waals surface area contributed by atoms with Gasteiger partial charge in [0.15, 0.2) is 17.5 Å². The van der Waals surface area contributed by atoms with Crippen LogP contribution in [0.2, 0.25) is 0 Å². The number of hydrogen-bond acceptors (Lipinski definition) is 3. The van der Waals surface area contributed by atoms with E-state index in [-0.39, 0.29) is 0 Å². The minimum absolute atomic E-state index is 0.627. The van der Waals surface area contributed by atoms with E-state index < -0.39 is 0 Å². The Morgan fingerprint density at radius 3 is 1.11 bits per heavy atom. The van der Waals surface area contributed by atoms with Crippen molar-refractivity contribution in [3.05, 3.63) is 243 Å². The fourth-order valence-corrected chi connectivity index (χ4v) is 9.31. The molecular formula is C61H40N4. The lowest BCUT2D eigenvalue weighted by atomic mass is 9.93. The summed E-state index contributed by atoms with van der Waals surface area (Å²) in [6.45, 7) is 0. The molecule has 0 radical (unpaired) electrons. The van der Waals surface area contributed by atoms with Crippen LogP contribution < -0.4 is 0 Å². The van der Waals surface area contributed by atoms with Gasteiger partial charge >= 0.3 is 0 Å². The maximum atomic E-state index is 5.21. The quantitative estimate of drug-likeness (QED) is 0.153. The maximum absolute atomic E-state index is 5.21. The molecule has 0 aliphatic carbocycles. The van der Waals surface area contributed by atoms with Crippen LogP contribution in [0.1, 0.15) is 0 Å². The molecule has 304 valence electrons. The first-order chi connectivity index (χ1) is 32.2. The summed E-state index contributed by atoms with van der Waals surface area (Å²) in [5.41, 5.74) is 15.6. The number of hydrogen-bond donors (Lipinski definition) is 0. The van der Waals surface area contributed by atoms with Crippen molar-refractivity contribution in [1.82, 2.24) is 19.5 Å². The second kappa shape index (κ2) is 16.2. The number of para-hydroxylation sites is 3.